The van der Waals surface area contributed by atoms with Gasteiger partial charge in [-0.3, -0.25) is 4.79 Å². The zero-order valence-electron chi connectivity index (χ0n) is 9.30. The van der Waals surface area contributed by atoms with Gasteiger partial charge in [0.2, 0.25) is 0 Å². The smallest absolute Gasteiger partial charge is 0.152 e. The Balaban J connectivity index is 3.06. The van der Waals surface area contributed by atoms with E-state index >= 15 is 0 Å². The van der Waals surface area contributed by atoms with E-state index in [9.17, 15) is 4.79 Å². The largest absolute Gasteiger partial charge is 0.494 e. The quantitative estimate of drug-likeness (QED) is 0.772. The molecule has 0 saturated carbocycles. The summed E-state index contributed by atoms with van der Waals surface area (Å²) in [6.45, 7) is 4.05. The Bertz CT molecular complexity index is 379. The van der Waals surface area contributed by atoms with E-state index in [0.717, 1.165) is 16.9 Å². The first-order valence-corrected chi connectivity index (χ1v) is 6.62. The summed E-state index contributed by atoms with van der Waals surface area (Å²) in [5.41, 5.74) is 1.83. The molecular formula is C12H14BrClO2. The van der Waals surface area contributed by atoms with Crippen molar-refractivity contribution in [3.63, 3.8) is 0 Å². The van der Waals surface area contributed by atoms with Gasteiger partial charge in [0, 0.05) is 5.33 Å². The Morgan fingerprint density at radius 1 is 1.56 bits per heavy atom. The fourth-order valence-electron chi connectivity index (χ4n) is 1.42. The average Bonchev–Trinajstić information content (AvgIpc) is 2.28. The maximum absolute atomic E-state index is 11.2. The molecule has 0 amide bonds. The molecule has 1 aromatic carbocycles. The van der Waals surface area contributed by atoms with Crippen LogP contribution in [0.5, 0.6) is 5.75 Å². The molecule has 2 nitrogen and oxygen atoms in total. The normalized spacial score (nSPS) is 12.2. The third kappa shape index (κ3) is 3.22. The summed E-state index contributed by atoms with van der Waals surface area (Å²) in [6, 6.07) is 5.59. The molecule has 0 radical (unpaired) electrons. The summed E-state index contributed by atoms with van der Waals surface area (Å²) in [7, 11) is 0. The van der Waals surface area contributed by atoms with Crippen molar-refractivity contribution in [3.8, 4) is 5.75 Å². The number of ether oxygens (including phenoxy) is 1. The van der Waals surface area contributed by atoms with Crippen molar-refractivity contribution in [2.75, 3.05) is 6.61 Å². The summed E-state index contributed by atoms with van der Waals surface area (Å²) >= 11 is 9.43. The molecule has 0 heterocycles. The summed E-state index contributed by atoms with van der Waals surface area (Å²) in [5, 5.41) is 0.0722. The van der Waals surface area contributed by atoms with Gasteiger partial charge in [-0.2, -0.15) is 0 Å². The highest BCUT2D eigenvalue weighted by Gasteiger charge is 2.16. The molecule has 0 N–H and O–H groups in total. The lowest BCUT2D eigenvalue weighted by Crippen LogP contribution is -2.05. The van der Waals surface area contributed by atoms with Gasteiger partial charge < -0.3 is 4.74 Å². The van der Waals surface area contributed by atoms with Crippen LogP contribution >= 0.6 is 27.5 Å². The number of halogens is 2. The van der Waals surface area contributed by atoms with E-state index in [1.165, 1.54) is 6.92 Å². The third-order valence-corrected chi connectivity index (χ3v) is 3.35. The second-order valence-electron chi connectivity index (χ2n) is 3.40. The molecule has 1 unspecified atom stereocenters. The minimum atomic E-state index is -0.580. The summed E-state index contributed by atoms with van der Waals surface area (Å²) in [4.78, 5) is 11.2. The number of carbonyl (C=O) groups excluding carboxylic acids is 1. The number of alkyl halides is 2. The lowest BCUT2D eigenvalue weighted by molar-refractivity contribution is -0.116. The van der Waals surface area contributed by atoms with Crippen LogP contribution in [0.1, 0.15) is 30.4 Å². The molecule has 0 aliphatic rings. The zero-order chi connectivity index (χ0) is 12.1. The molecule has 4 heteroatoms. The highest BCUT2D eigenvalue weighted by Crippen LogP contribution is 2.29. The van der Waals surface area contributed by atoms with E-state index in [1.54, 1.807) is 0 Å². The average molecular weight is 306 g/mol. The Labute approximate surface area is 109 Å². The van der Waals surface area contributed by atoms with E-state index in [-0.39, 0.29) is 5.78 Å². The Kier molecular flexibility index (Phi) is 5.29. The number of carbonyl (C=O) groups is 1. The predicted molar refractivity (Wildman–Crippen MR) is 69.5 cm³/mol. The molecule has 1 rings (SSSR count). The third-order valence-electron chi connectivity index (χ3n) is 2.20. The van der Waals surface area contributed by atoms with E-state index < -0.39 is 5.38 Å². The molecule has 0 fully saturated rings. The minimum Gasteiger partial charge on any atom is -0.494 e. The number of rotatable bonds is 5. The Hall–Kier alpha value is -0.540. The van der Waals surface area contributed by atoms with Gasteiger partial charge in [0.05, 0.1) is 6.61 Å². The molecule has 1 aromatic rings. The van der Waals surface area contributed by atoms with Crippen molar-refractivity contribution in [2.45, 2.75) is 24.6 Å². The highest BCUT2D eigenvalue weighted by atomic mass is 79.9. The molecule has 1 atom stereocenters. The number of ketones is 1. The summed E-state index contributed by atoms with van der Waals surface area (Å²) in [5.74, 6) is 0.751. The fraction of sp³-hybridized carbons (Fsp3) is 0.417. The van der Waals surface area contributed by atoms with Gasteiger partial charge in [-0.25, -0.2) is 0 Å². The van der Waals surface area contributed by atoms with Crippen molar-refractivity contribution < 1.29 is 9.53 Å². The summed E-state index contributed by atoms with van der Waals surface area (Å²) in [6.07, 6.45) is 0. The number of hydrogen-bond donors (Lipinski definition) is 0. The van der Waals surface area contributed by atoms with Crippen LogP contribution in [0.3, 0.4) is 0 Å². The Morgan fingerprint density at radius 2 is 2.25 bits per heavy atom. The molecule has 0 saturated heterocycles. The Morgan fingerprint density at radius 3 is 2.75 bits per heavy atom. The van der Waals surface area contributed by atoms with Crippen molar-refractivity contribution in [1.82, 2.24) is 0 Å². The van der Waals surface area contributed by atoms with Crippen molar-refractivity contribution in [2.24, 2.45) is 0 Å². The second kappa shape index (κ2) is 6.26. The van der Waals surface area contributed by atoms with Gasteiger partial charge in [-0.05, 0) is 37.1 Å². The van der Waals surface area contributed by atoms with Crippen LogP contribution < -0.4 is 4.74 Å². The fourth-order valence-corrected chi connectivity index (χ4v) is 2.12. The van der Waals surface area contributed by atoms with Gasteiger partial charge in [0.1, 0.15) is 11.1 Å². The van der Waals surface area contributed by atoms with Crippen molar-refractivity contribution in [1.29, 1.82) is 0 Å². The zero-order valence-corrected chi connectivity index (χ0v) is 11.6. The second-order valence-corrected chi connectivity index (χ2v) is 4.40. The van der Waals surface area contributed by atoms with E-state index in [1.807, 2.05) is 25.1 Å². The van der Waals surface area contributed by atoms with Crippen LogP contribution in [0.25, 0.3) is 0 Å². The molecular weight excluding hydrogens is 291 g/mol. The van der Waals surface area contributed by atoms with Gasteiger partial charge in [-0.15, -0.1) is 11.6 Å². The van der Waals surface area contributed by atoms with E-state index in [0.29, 0.717) is 11.9 Å². The van der Waals surface area contributed by atoms with Gasteiger partial charge in [-0.1, -0.05) is 22.0 Å². The first-order valence-electron chi connectivity index (χ1n) is 5.06. The molecule has 0 aliphatic carbocycles. The molecule has 0 spiro atoms. The summed E-state index contributed by atoms with van der Waals surface area (Å²) < 4.78 is 5.39. The molecule has 0 bridgehead atoms. The molecule has 0 aliphatic heterocycles. The standard InChI is InChI=1S/C12H14BrClO2/c1-3-16-10-4-5-11(9(6-10)7-13)12(14)8(2)15/h4-6,12H,3,7H2,1-2H3. The van der Waals surface area contributed by atoms with Crippen LogP contribution in [0.15, 0.2) is 18.2 Å². The first-order chi connectivity index (χ1) is 7.60. The van der Waals surface area contributed by atoms with Crippen LogP contribution in [0.4, 0.5) is 0 Å². The van der Waals surface area contributed by atoms with Crippen molar-refractivity contribution in [3.05, 3.63) is 29.3 Å². The van der Waals surface area contributed by atoms with Crippen LogP contribution in [0.2, 0.25) is 0 Å². The number of Topliss-reactive ketones (excluding diaryl/α,β-unsaturated/α-hetero) is 1. The number of hydrogen-bond acceptors (Lipinski definition) is 2. The maximum atomic E-state index is 11.2. The van der Waals surface area contributed by atoms with Crippen LogP contribution in [-0.4, -0.2) is 12.4 Å². The van der Waals surface area contributed by atoms with Gasteiger partial charge in [0.15, 0.2) is 5.78 Å². The lowest BCUT2D eigenvalue weighted by Gasteiger charge is -2.13. The highest BCUT2D eigenvalue weighted by molar-refractivity contribution is 9.08. The number of benzene rings is 1. The predicted octanol–water partition coefficient (Wildman–Crippen LogP) is 3.85. The first kappa shape index (κ1) is 13.5. The van der Waals surface area contributed by atoms with Gasteiger partial charge in [0.25, 0.3) is 0 Å². The van der Waals surface area contributed by atoms with E-state index in [2.05, 4.69) is 15.9 Å². The van der Waals surface area contributed by atoms with Crippen molar-refractivity contribution >= 4 is 33.3 Å². The monoisotopic (exact) mass is 304 g/mol. The van der Waals surface area contributed by atoms with Gasteiger partial charge >= 0.3 is 0 Å². The minimum absolute atomic E-state index is 0.0481. The molecule has 16 heavy (non-hydrogen) atoms. The van der Waals surface area contributed by atoms with E-state index in [4.69, 9.17) is 16.3 Å². The lowest BCUT2D eigenvalue weighted by atomic mass is 10.0. The van der Waals surface area contributed by atoms with Crippen LogP contribution in [-0.2, 0) is 10.1 Å². The topological polar surface area (TPSA) is 26.3 Å². The molecule has 0 aromatic heterocycles. The van der Waals surface area contributed by atoms with Crippen LogP contribution in [0, 0.1) is 0 Å². The molecule has 88 valence electrons. The maximum Gasteiger partial charge on any atom is 0.152 e. The SMILES string of the molecule is CCOc1ccc(C(Cl)C(C)=O)c(CBr)c1.